The molecule has 0 radical (unpaired) electrons. The van der Waals surface area contributed by atoms with Crippen molar-refractivity contribution in [1.82, 2.24) is 9.88 Å². The van der Waals surface area contributed by atoms with Gasteiger partial charge in [0.25, 0.3) is 11.8 Å². The van der Waals surface area contributed by atoms with Gasteiger partial charge in [0.2, 0.25) is 0 Å². The number of benzene rings is 2. The summed E-state index contributed by atoms with van der Waals surface area (Å²) in [6, 6.07) is 20.5. The topological polar surface area (TPSA) is 71.5 Å². The number of anilines is 1. The SMILES string of the molecule is O=C(Nc1ccccc1C(=O)N1CCOCC1)c1cc(-c2cccs2)nc2ccccc12. The van der Waals surface area contributed by atoms with Crippen molar-refractivity contribution in [3.05, 3.63) is 83.2 Å². The van der Waals surface area contributed by atoms with Crippen LogP contribution in [0.3, 0.4) is 0 Å². The smallest absolute Gasteiger partial charge is 0.256 e. The summed E-state index contributed by atoms with van der Waals surface area (Å²) in [5, 5.41) is 5.72. The first kappa shape index (κ1) is 20.4. The molecule has 2 aromatic carbocycles. The number of carbonyl (C=O) groups excluding carboxylic acids is 2. The second-order valence-electron chi connectivity index (χ2n) is 7.45. The van der Waals surface area contributed by atoms with Crippen LogP contribution in [-0.2, 0) is 4.74 Å². The zero-order chi connectivity index (χ0) is 21.9. The van der Waals surface area contributed by atoms with Crippen LogP contribution in [0.1, 0.15) is 20.7 Å². The predicted octanol–water partition coefficient (Wildman–Crippen LogP) is 4.69. The number of nitrogens with one attached hydrogen (secondary N) is 1. The van der Waals surface area contributed by atoms with E-state index in [1.807, 2.05) is 53.9 Å². The van der Waals surface area contributed by atoms with E-state index in [-0.39, 0.29) is 11.8 Å². The molecule has 5 rings (SSSR count). The first-order valence-electron chi connectivity index (χ1n) is 10.4. The van der Waals surface area contributed by atoms with E-state index in [0.29, 0.717) is 43.1 Å². The third-order valence-corrected chi connectivity index (χ3v) is 6.33. The monoisotopic (exact) mass is 443 g/mol. The van der Waals surface area contributed by atoms with Crippen LogP contribution in [0.25, 0.3) is 21.5 Å². The summed E-state index contributed by atoms with van der Waals surface area (Å²) in [5.74, 6) is -0.383. The van der Waals surface area contributed by atoms with Gasteiger partial charge in [0.05, 0.1) is 46.1 Å². The summed E-state index contributed by atoms with van der Waals surface area (Å²) < 4.78 is 5.35. The Morgan fingerprint density at radius 2 is 1.72 bits per heavy atom. The molecule has 1 saturated heterocycles. The third kappa shape index (κ3) is 4.00. The molecule has 2 aromatic heterocycles. The molecule has 0 spiro atoms. The maximum absolute atomic E-state index is 13.4. The fraction of sp³-hybridized carbons (Fsp3) is 0.160. The van der Waals surface area contributed by atoms with Crippen LogP contribution in [-0.4, -0.2) is 48.0 Å². The van der Waals surface area contributed by atoms with Gasteiger partial charge >= 0.3 is 0 Å². The van der Waals surface area contributed by atoms with Crippen molar-refractivity contribution in [2.24, 2.45) is 0 Å². The molecule has 32 heavy (non-hydrogen) atoms. The number of para-hydroxylation sites is 2. The highest BCUT2D eigenvalue weighted by molar-refractivity contribution is 7.13. The van der Waals surface area contributed by atoms with Gasteiger partial charge in [0.1, 0.15) is 0 Å². The van der Waals surface area contributed by atoms with Crippen molar-refractivity contribution in [3.63, 3.8) is 0 Å². The number of amides is 2. The summed E-state index contributed by atoms with van der Waals surface area (Å²) in [5.41, 5.74) is 2.99. The van der Waals surface area contributed by atoms with Crippen LogP contribution in [0.5, 0.6) is 0 Å². The molecule has 160 valence electrons. The van der Waals surface area contributed by atoms with E-state index in [0.717, 1.165) is 21.5 Å². The number of ether oxygens (including phenoxy) is 1. The summed E-state index contributed by atoms with van der Waals surface area (Å²) in [7, 11) is 0. The summed E-state index contributed by atoms with van der Waals surface area (Å²) in [6.45, 7) is 2.13. The minimum absolute atomic E-state index is 0.108. The van der Waals surface area contributed by atoms with Gasteiger partial charge in [-0.25, -0.2) is 4.98 Å². The summed E-state index contributed by atoms with van der Waals surface area (Å²) in [6.07, 6.45) is 0. The molecule has 7 heteroatoms. The summed E-state index contributed by atoms with van der Waals surface area (Å²) in [4.78, 5) is 34.0. The molecular weight excluding hydrogens is 422 g/mol. The minimum atomic E-state index is -0.274. The van der Waals surface area contributed by atoms with Crippen molar-refractivity contribution in [1.29, 1.82) is 0 Å². The molecule has 2 amide bonds. The number of nitrogens with zero attached hydrogens (tertiary/aromatic N) is 2. The van der Waals surface area contributed by atoms with Crippen LogP contribution in [0.2, 0.25) is 0 Å². The molecule has 0 unspecified atom stereocenters. The molecule has 6 nitrogen and oxygen atoms in total. The van der Waals surface area contributed by atoms with Crippen LogP contribution in [0.15, 0.2) is 72.1 Å². The van der Waals surface area contributed by atoms with E-state index in [2.05, 4.69) is 5.32 Å². The van der Waals surface area contributed by atoms with E-state index in [1.165, 1.54) is 0 Å². The van der Waals surface area contributed by atoms with E-state index in [1.54, 1.807) is 34.4 Å². The zero-order valence-corrected chi connectivity index (χ0v) is 18.1. The van der Waals surface area contributed by atoms with Gasteiger partial charge in [-0.3, -0.25) is 9.59 Å². The Hall–Kier alpha value is -3.55. The number of aromatic nitrogens is 1. The van der Waals surface area contributed by atoms with E-state index in [9.17, 15) is 9.59 Å². The van der Waals surface area contributed by atoms with Gasteiger partial charge in [-0.15, -0.1) is 11.3 Å². The van der Waals surface area contributed by atoms with Gasteiger partial charge in [-0.2, -0.15) is 0 Å². The number of thiophene rings is 1. The molecule has 3 heterocycles. The lowest BCUT2D eigenvalue weighted by Crippen LogP contribution is -2.41. The van der Waals surface area contributed by atoms with E-state index < -0.39 is 0 Å². The summed E-state index contributed by atoms with van der Waals surface area (Å²) >= 11 is 1.58. The normalized spacial score (nSPS) is 13.8. The molecule has 4 aromatic rings. The molecule has 1 aliphatic heterocycles. The van der Waals surface area contributed by atoms with Gasteiger partial charge < -0.3 is 15.0 Å². The molecule has 0 saturated carbocycles. The molecule has 1 aliphatic rings. The number of morpholine rings is 1. The number of carbonyl (C=O) groups is 2. The van der Waals surface area contributed by atoms with E-state index in [4.69, 9.17) is 9.72 Å². The van der Waals surface area contributed by atoms with Crippen molar-refractivity contribution in [2.45, 2.75) is 0 Å². The maximum Gasteiger partial charge on any atom is 0.256 e. The van der Waals surface area contributed by atoms with Gasteiger partial charge in [0.15, 0.2) is 0 Å². The van der Waals surface area contributed by atoms with E-state index >= 15 is 0 Å². The molecule has 0 bridgehead atoms. The number of fused-ring (bicyclic) bond motifs is 1. The van der Waals surface area contributed by atoms with Gasteiger partial charge in [-0.1, -0.05) is 36.4 Å². The first-order valence-corrected chi connectivity index (χ1v) is 11.3. The van der Waals surface area contributed by atoms with Crippen molar-refractivity contribution in [2.75, 3.05) is 31.6 Å². The standard InChI is InChI=1S/C25H21N3O3S/c29-24(27-21-9-4-2-7-18(21)25(30)28-11-13-31-14-12-28)19-16-22(23-10-5-15-32-23)26-20-8-3-1-6-17(19)20/h1-10,15-16H,11-14H2,(H,27,29). The molecule has 1 fully saturated rings. The van der Waals surface area contributed by atoms with Crippen molar-refractivity contribution in [3.8, 4) is 10.6 Å². The fourth-order valence-corrected chi connectivity index (χ4v) is 4.51. The second-order valence-corrected chi connectivity index (χ2v) is 8.40. The first-order chi connectivity index (χ1) is 15.7. The quantitative estimate of drug-likeness (QED) is 0.497. The Bertz CT molecular complexity index is 1280. The lowest BCUT2D eigenvalue weighted by Gasteiger charge is -2.27. The number of hydrogen-bond acceptors (Lipinski definition) is 5. The van der Waals surface area contributed by atoms with Crippen molar-refractivity contribution >= 4 is 39.7 Å². The Kier molecular flexibility index (Phi) is 5.66. The highest BCUT2D eigenvalue weighted by Crippen LogP contribution is 2.29. The highest BCUT2D eigenvalue weighted by atomic mass is 32.1. The Morgan fingerprint density at radius 3 is 2.53 bits per heavy atom. The highest BCUT2D eigenvalue weighted by Gasteiger charge is 2.22. The van der Waals surface area contributed by atoms with Crippen molar-refractivity contribution < 1.29 is 14.3 Å². The lowest BCUT2D eigenvalue weighted by atomic mass is 10.1. The minimum Gasteiger partial charge on any atom is -0.378 e. The predicted molar refractivity (Wildman–Crippen MR) is 126 cm³/mol. The lowest BCUT2D eigenvalue weighted by molar-refractivity contribution is 0.0303. The Morgan fingerprint density at radius 1 is 0.938 bits per heavy atom. The molecule has 1 N–H and O–H groups in total. The third-order valence-electron chi connectivity index (χ3n) is 5.44. The largest absolute Gasteiger partial charge is 0.378 e. The molecule has 0 aliphatic carbocycles. The maximum atomic E-state index is 13.4. The Balaban J connectivity index is 1.50. The molecule has 0 atom stereocenters. The van der Waals surface area contributed by atoms with Crippen LogP contribution in [0, 0.1) is 0 Å². The van der Waals surface area contributed by atoms with Crippen LogP contribution >= 0.6 is 11.3 Å². The number of pyridine rings is 1. The second kappa shape index (κ2) is 8.90. The van der Waals surface area contributed by atoms with Crippen LogP contribution in [0.4, 0.5) is 5.69 Å². The molecular formula is C25H21N3O3S. The zero-order valence-electron chi connectivity index (χ0n) is 17.3. The number of hydrogen-bond donors (Lipinski definition) is 1. The average molecular weight is 444 g/mol. The number of rotatable bonds is 4. The fourth-order valence-electron chi connectivity index (χ4n) is 3.82. The Labute approximate surface area is 189 Å². The van der Waals surface area contributed by atoms with Crippen LogP contribution < -0.4 is 5.32 Å². The van der Waals surface area contributed by atoms with Gasteiger partial charge in [-0.05, 0) is 35.7 Å². The average Bonchev–Trinajstić information content (AvgIpc) is 3.39. The van der Waals surface area contributed by atoms with Gasteiger partial charge in [0, 0.05) is 18.5 Å².